The van der Waals surface area contributed by atoms with Gasteiger partial charge < -0.3 is 5.11 Å². The largest absolute Gasteiger partial charge is 0.388 e. The molecule has 1 aromatic heterocycles. The van der Waals surface area contributed by atoms with Crippen LogP contribution in [0.2, 0.25) is 0 Å². The van der Waals surface area contributed by atoms with Gasteiger partial charge in [-0.05, 0) is 36.5 Å². The number of aliphatic hydroxyl groups excluding tert-OH is 1. The molecule has 0 aliphatic rings. The molecule has 0 saturated carbocycles. The Hall–Kier alpha value is -1.67. The van der Waals surface area contributed by atoms with Gasteiger partial charge >= 0.3 is 0 Å². The summed E-state index contributed by atoms with van der Waals surface area (Å²) in [6, 6.07) is 12.2. The second-order valence-electron chi connectivity index (χ2n) is 4.34. The number of aromatic nitrogens is 1. The third-order valence-corrected chi connectivity index (χ3v) is 2.83. The molecule has 2 aromatic rings. The average Bonchev–Trinajstić information content (AvgIpc) is 2.37. The lowest BCUT2D eigenvalue weighted by atomic mass is 10.0. The van der Waals surface area contributed by atoms with Gasteiger partial charge in [0, 0.05) is 12.4 Å². The Morgan fingerprint density at radius 1 is 1.18 bits per heavy atom. The fourth-order valence-corrected chi connectivity index (χ4v) is 1.88. The van der Waals surface area contributed by atoms with Crippen LogP contribution in [0, 0.1) is 6.92 Å². The Balaban J connectivity index is 1.96. The smallest absolute Gasteiger partial charge is 0.0808 e. The molecule has 0 spiro atoms. The number of hydrogen-bond donors (Lipinski definition) is 1. The highest BCUT2D eigenvalue weighted by molar-refractivity contribution is 5.20. The first-order chi connectivity index (χ1) is 8.25. The minimum atomic E-state index is -0.428. The molecular formula is C15H17NO. The van der Waals surface area contributed by atoms with Gasteiger partial charge in [-0.3, -0.25) is 4.98 Å². The van der Waals surface area contributed by atoms with Crippen LogP contribution >= 0.6 is 0 Å². The van der Waals surface area contributed by atoms with Crippen LogP contribution in [0.5, 0.6) is 0 Å². The van der Waals surface area contributed by atoms with Crippen LogP contribution in [0.4, 0.5) is 0 Å². The van der Waals surface area contributed by atoms with Crippen LogP contribution in [0.25, 0.3) is 0 Å². The molecule has 0 aliphatic heterocycles. The predicted molar refractivity (Wildman–Crippen MR) is 68.7 cm³/mol. The lowest BCUT2D eigenvalue weighted by molar-refractivity contribution is 0.167. The van der Waals surface area contributed by atoms with Crippen molar-refractivity contribution < 1.29 is 5.11 Å². The third kappa shape index (κ3) is 3.40. The van der Waals surface area contributed by atoms with Gasteiger partial charge in [-0.25, -0.2) is 0 Å². The molecule has 0 bridgehead atoms. The Morgan fingerprint density at radius 2 is 1.94 bits per heavy atom. The lowest BCUT2D eigenvalue weighted by Gasteiger charge is -2.11. The second kappa shape index (κ2) is 5.60. The van der Waals surface area contributed by atoms with E-state index in [1.807, 2.05) is 31.2 Å². The molecule has 1 unspecified atom stereocenters. The summed E-state index contributed by atoms with van der Waals surface area (Å²) >= 11 is 0. The molecule has 0 amide bonds. The van der Waals surface area contributed by atoms with E-state index in [4.69, 9.17) is 0 Å². The van der Waals surface area contributed by atoms with Crippen LogP contribution < -0.4 is 0 Å². The van der Waals surface area contributed by atoms with Gasteiger partial charge in [-0.2, -0.15) is 0 Å². The summed E-state index contributed by atoms with van der Waals surface area (Å²) in [5.41, 5.74) is 3.24. The van der Waals surface area contributed by atoms with E-state index in [1.54, 1.807) is 12.4 Å². The standard InChI is InChI=1S/C15H17NO/c1-12-9-14(11-16-10-12)15(17)8-7-13-5-3-2-4-6-13/h2-6,9-11,15,17H,7-8H2,1H3. The van der Waals surface area contributed by atoms with Crippen molar-refractivity contribution in [2.24, 2.45) is 0 Å². The molecule has 1 N–H and O–H groups in total. The van der Waals surface area contributed by atoms with E-state index in [0.717, 1.165) is 24.0 Å². The molecule has 1 heterocycles. The van der Waals surface area contributed by atoms with Gasteiger partial charge in [-0.1, -0.05) is 36.4 Å². The van der Waals surface area contributed by atoms with Crippen molar-refractivity contribution in [1.29, 1.82) is 0 Å². The van der Waals surface area contributed by atoms with E-state index >= 15 is 0 Å². The summed E-state index contributed by atoms with van der Waals surface area (Å²) in [5, 5.41) is 10.1. The summed E-state index contributed by atoms with van der Waals surface area (Å²) in [6.07, 6.45) is 4.73. The van der Waals surface area contributed by atoms with Crippen LogP contribution in [-0.2, 0) is 6.42 Å². The zero-order chi connectivity index (χ0) is 12.1. The molecule has 1 aromatic carbocycles. The van der Waals surface area contributed by atoms with Crippen molar-refractivity contribution in [1.82, 2.24) is 4.98 Å². The van der Waals surface area contributed by atoms with E-state index in [-0.39, 0.29) is 0 Å². The molecule has 0 fully saturated rings. The number of aryl methyl sites for hydroxylation is 2. The maximum Gasteiger partial charge on any atom is 0.0808 e. The van der Waals surface area contributed by atoms with E-state index in [9.17, 15) is 5.11 Å². The quantitative estimate of drug-likeness (QED) is 0.870. The molecule has 0 aliphatic carbocycles. The first-order valence-electron chi connectivity index (χ1n) is 5.89. The summed E-state index contributed by atoms with van der Waals surface area (Å²) in [5.74, 6) is 0. The molecule has 88 valence electrons. The van der Waals surface area contributed by atoms with Gasteiger partial charge in [0.1, 0.15) is 0 Å². The average molecular weight is 227 g/mol. The van der Waals surface area contributed by atoms with E-state index in [0.29, 0.717) is 0 Å². The number of nitrogens with zero attached hydrogens (tertiary/aromatic N) is 1. The summed E-state index contributed by atoms with van der Waals surface area (Å²) < 4.78 is 0. The van der Waals surface area contributed by atoms with Gasteiger partial charge in [0.05, 0.1) is 6.10 Å². The SMILES string of the molecule is Cc1cncc(C(O)CCc2ccccc2)c1. The van der Waals surface area contributed by atoms with Crippen molar-refractivity contribution in [2.75, 3.05) is 0 Å². The van der Waals surface area contributed by atoms with E-state index in [1.165, 1.54) is 5.56 Å². The molecule has 2 nitrogen and oxygen atoms in total. The van der Waals surface area contributed by atoms with Crippen LogP contribution in [-0.4, -0.2) is 10.1 Å². The lowest BCUT2D eigenvalue weighted by Crippen LogP contribution is -2.00. The Morgan fingerprint density at radius 3 is 2.65 bits per heavy atom. The highest BCUT2D eigenvalue weighted by atomic mass is 16.3. The van der Waals surface area contributed by atoms with Crippen molar-refractivity contribution >= 4 is 0 Å². The van der Waals surface area contributed by atoms with Gasteiger partial charge in [-0.15, -0.1) is 0 Å². The molecular weight excluding hydrogens is 210 g/mol. The molecule has 0 radical (unpaired) electrons. The van der Waals surface area contributed by atoms with Crippen LogP contribution in [0.15, 0.2) is 48.8 Å². The zero-order valence-electron chi connectivity index (χ0n) is 10.0. The molecule has 2 rings (SSSR count). The summed E-state index contributed by atoms with van der Waals surface area (Å²) in [6.45, 7) is 1.99. The van der Waals surface area contributed by atoms with Crippen LogP contribution in [0.1, 0.15) is 29.2 Å². The normalized spacial score (nSPS) is 12.4. The topological polar surface area (TPSA) is 33.1 Å². The van der Waals surface area contributed by atoms with Crippen molar-refractivity contribution in [2.45, 2.75) is 25.9 Å². The molecule has 2 heteroatoms. The number of aliphatic hydroxyl groups is 1. The first-order valence-corrected chi connectivity index (χ1v) is 5.89. The number of hydrogen-bond acceptors (Lipinski definition) is 2. The van der Waals surface area contributed by atoms with Crippen molar-refractivity contribution in [3.8, 4) is 0 Å². The summed E-state index contributed by atoms with van der Waals surface area (Å²) in [7, 11) is 0. The van der Waals surface area contributed by atoms with Gasteiger partial charge in [0.15, 0.2) is 0 Å². The van der Waals surface area contributed by atoms with Crippen molar-refractivity contribution in [3.63, 3.8) is 0 Å². The molecule has 1 atom stereocenters. The van der Waals surface area contributed by atoms with Crippen molar-refractivity contribution in [3.05, 3.63) is 65.5 Å². The Labute approximate surface area is 102 Å². The predicted octanol–water partition coefficient (Wildman–Crippen LogP) is 3.06. The fraction of sp³-hybridized carbons (Fsp3) is 0.267. The highest BCUT2D eigenvalue weighted by Gasteiger charge is 2.08. The number of benzene rings is 1. The fourth-order valence-electron chi connectivity index (χ4n) is 1.88. The maximum absolute atomic E-state index is 10.1. The Bertz CT molecular complexity index is 467. The maximum atomic E-state index is 10.1. The van der Waals surface area contributed by atoms with E-state index in [2.05, 4.69) is 17.1 Å². The number of pyridine rings is 1. The van der Waals surface area contributed by atoms with E-state index < -0.39 is 6.10 Å². The highest BCUT2D eigenvalue weighted by Crippen LogP contribution is 2.18. The summed E-state index contributed by atoms with van der Waals surface area (Å²) in [4.78, 5) is 4.10. The third-order valence-electron chi connectivity index (χ3n) is 2.83. The Kier molecular flexibility index (Phi) is 3.89. The zero-order valence-corrected chi connectivity index (χ0v) is 10.0. The minimum absolute atomic E-state index is 0.428. The van der Waals surface area contributed by atoms with Gasteiger partial charge in [0.2, 0.25) is 0 Å². The second-order valence-corrected chi connectivity index (χ2v) is 4.34. The molecule has 17 heavy (non-hydrogen) atoms. The van der Waals surface area contributed by atoms with Gasteiger partial charge in [0.25, 0.3) is 0 Å². The molecule has 0 saturated heterocycles. The number of rotatable bonds is 4. The monoisotopic (exact) mass is 227 g/mol. The van der Waals surface area contributed by atoms with Crippen LogP contribution in [0.3, 0.4) is 0 Å². The first kappa shape index (κ1) is 11.8. The minimum Gasteiger partial charge on any atom is -0.388 e.